The van der Waals surface area contributed by atoms with Crippen molar-refractivity contribution in [3.8, 4) is 11.5 Å². The molecule has 0 aliphatic carbocycles. The van der Waals surface area contributed by atoms with Gasteiger partial charge in [-0.05, 0) is 24.1 Å². The molecule has 0 spiro atoms. The van der Waals surface area contributed by atoms with Gasteiger partial charge in [-0.15, -0.1) is 0 Å². The number of carbonyl (C=O) groups excluding carboxylic acids is 1. The van der Waals surface area contributed by atoms with Crippen LogP contribution in [0, 0.1) is 0 Å². The van der Waals surface area contributed by atoms with Crippen LogP contribution in [-0.2, 0) is 11.3 Å². The highest BCUT2D eigenvalue weighted by Gasteiger charge is 2.07. The third-order valence-electron chi connectivity index (χ3n) is 6.10. The standard InChI is InChI=1S/C28H50N2O3/c1-3-4-5-6-7-8-9-10-11-12-13-14-15-16-17-18-28(31)30-24-25-19-20-26(33-22-21-29)27(23-25)32-2/h19-20,23H,3-18,21-22,24,29H2,1-2H3,(H,30,31). The van der Waals surface area contributed by atoms with E-state index >= 15 is 0 Å². The molecular weight excluding hydrogens is 412 g/mol. The van der Waals surface area contributed by atoms with Gasteiger partial charge in [0.1, 0.15) is 6.61 Å². The molecule has 0 saturated heterocycles. The number of hydrogen-bond donors (Lipinski definition) is 2. The molecule has 5 nitrogen and oxygen atoms in total. The Morgan fingerprint density at radius 2 is 1.36 bits per heavy atom. The van der Waals surface area contributed by atoms with Crippen molar-refractivity contribution in [1.82, 2.24) is 5.32 Å². The Bertz CT molecular complexity index is 607. The van der Waals surface area contributed by atoms with Crippen molar-refractivity contribution in [3.05, 3.63) is 23.8 Å². The van der Waals surface area contributed by atoms with E-state index in [0.717, 1.165) is 18.4 Å². The molecule has 33 heavy (non-hydrogen) atoms. The van der Waals surface area contributed by atoms with Crippen molar-refractivity contribution in [2.75, 3.05) is 20.3 Å². The monoisotopic (exact) mass is 462 g/mol. The molecule has 0 aliphatic rings. The van der Waals surface area contributed by atoms with Crippen LogP contribution in [0.2, 0.25) is 0 Å². The fourth-order valence-corrected chi connectivity index (χ4v) is 4.06. The van der Waals surface area contributed by atoms with Crippen molar-refractivity contribution >= 4 is 5.91 Å². The van der Waals surface area contributed by atoms with Crippen LogP contribution in [0.5, 0.6) is 11.5 Å². The third-order valence-corrected chi connectivity index (χ3v) is 6.10. The summed E-state index contributed by atoms with van der Waals surface area (Å²) in [6.45, 7) is 3.69. The van der Waals surface area contributed by atoms with Crippen molar-refractivity contribution in [2.24, 2.45) is 5.73 Å². The van der Waals surface area contributed by atoms with Crippen LogP contribution < -0.4 is 20.5 Å². The number of nitrogens with one attached hydrogen (secondary N) is 1. The van der Waals surface area contributed by atoms with Gasteiger partial charge in [0.25, 0.3) is 0 Å². The van der Waals surface area contributed by atoms with Crippen LogP contribution >= 0.6 is 0 Å². The molecule has 3 N–H and O–H groups in total. The van der Waals surface area contributed by atoms with Crippen LogP contribution in [0.15, 0.2) is 18.2 Å². The normalized spacial score (nSPS) is 10.9. The van der Waals surface area contributed by atoms with E-state index in [9.17, 15) is 4.79 Å². The van der Waals surface area contributed by atoms with Gasteiger partial charge in [0.15, 0.2) is 11.5 Å². The second-order valence-corrected chi connectivity index (χ2v) is 9.10. The first kappa shape index (κ1) is 29.3. The van der Waals surface area contributed by atoms with E-state index in [4.69, 9.17) is 15.2 Å². The quantitative estimate of drug-likeness (QED) is 0.184. The molecular formula is C28H50N2O3. The Morgan fingerprint density at radius 3 is 1.88 bits per heavy atom. The highest BCUT2D eigenvalue weighted by molar-refractivity contribution is 5.75. The third kappa shape index (κ3) is 15.7. The fourth-order valence-electron chi connectivity index (χ4n) is 4.06. The first-order valence-corrected chi connectivity index (χ1v) is 13.5. The molecule has 0 radical (unpaired) electrons. The van der Waals surface area contributed by atoms with Crippen LogP contribution in [-0.4, -0.2) is 26.2 Å². The zero-order chi connectivity index (χ0) is 24.0. The smallest absolute Gasteiger partial charge is 0.220 e. The minimum absolute atomic E-state index is 0.118. The molecule has 0 heterocycles. The van der Waals surface area contributed by atoms with Gasteiger partial charge in [-0.1, -0.05) is 103 Å². The van der Waals surface area contributed by atoms with Gasteiger partial charge < -0.3 is 20.5 Å². The summed E-state index contributed by atoms with van der Waals surface area (Å²) in [6, 6.07) is 5.71. The van der Waals surface area contributed by atoms with Gasteiger partial charge in [-0.3, -0.25) is 4.79 Å². The Labute approximate surface area is 203 Å². The maximum absolute atomic E-state index is 12.1. The maximum atomic E-state index is 12.1. The molecule has 0 unspecified atom stereocenters. The average molecular weight is 463 g/mol. The average Bonchev–Trinajstić information content (AvgIpc) is 2.84. The first-order valence-electron chi connectivity index (χ1n) is 13.5. The number of nitrogens with two attached hydrogens (primary N) is 1. The Morgan fingerprint density at radius 1 is 0.818 bits per heavy atom. The predicted octanol–water partition coefficient (Wildman–Crippen LogP) is 6.91. The molecule has 1 aromatic rings. The molecule has 0 fully saturated rings. The van der Waals surface area contributed by atoms with Crippen LogP contribution in [0.4, 0.5) is 0 Å². The summed E-state index contributed by atoms with van der Waals surface area (Å²) in [5, 5.41) is 3.01. The lowest BCUT2D eigenvalue weighted by atomic mass is 10.0. The molecule has 1 amide bonds. The number of rotatable bonds is 22. The van der Waals surface area contributed by atoms with Crippen LogP contribution in [0.1, 0.15) is 115 Å². The summed E-state index contributed by atoms with van der Waals surface area (Å²) in [4.78, 5) is 12.1. The zero-order valence-corrected chi connectivity index (χ0v) is 21.5. The summed E-state index contributed by atoms with van der Waals surface area (Å²) in [7, 11) is 1.61. The van der Waals surface area contributed by atoms with E-state index in [1.807, 2.05) is 18.2 Å². The molecule has 0 aliphatic heterocycles. The predicted molar refractivity (Wildman–Crippen MR) is 139 cm³/mol. The molecule has 0 saturated carbocycles. The number of unbranched alkanes of at least 4 members (excludes halogenated alkanes) is 14. The van der Waals surface area contributed by atoms with Crippen molar-refractivity contribution in [2.45, 2.75) is 116 Å². The lowest BCUT2D eigenvalue weighted by Gasteiger charge is -2.12. The molecule has 190 valence electrons. The topological polar surface area (TPSA) is 73.6 Å². The van der Waals surface area contributed by atoms with Crippen molar-refractivity contribution < 1.29 is 14.3 Å². The van der Waals surface area contributed by atoms with E-state index in [1.54, 1.807) is 7.11 Å². The minimum Gasteiger partial charge on any atom is -0.493 e. The Kier molecular flexibility index (Phi) is 18.5. The van der Waals surface area contributed by atoms with Crippen molar-refractivity contribution in [3.63, 3.8) is 0 Å². The van der Waals surface area contributed by atoms with E-state index in [-0.39, 0.29) is 5.91 Å². The van der Waals surface area contributed by atoms with E-state index < -0.39 is 0 Å². The highest BCUT2D eigenvalue weighted by Crippen LogP contribution is 2.28. The molecule has 0 bridgehead atoms. The van der Waals surface area contributed by atoms with Gasteiger partial charge in [0, 0.05) is 19.5 Å². The largest absolute Gasteiger partial charge is 0.493 e. The van der Waals surface area contributed by atoms with E-state index in [0.29, 0.717) is 37.6 Å². The maximum Gasteiger partial charge on any atom is 0.220 e. The number of hydrogen-bond acceptors (Lipinski definition) is 4. The molecule has 0 aromatic heterocycles. The van der Waals surface area contributed by atoms with E-state index in [2.05, 4.69) is 12.2 Å². The van der Waals surface area contributed by atoms with E-state index in [1.165, 1.54) is 83.5 Å². The Hall–Kier alpha value is -1.75. The van der Waals surface area contributed by atoms with Gasteiger partial charge in [-0.2, -0.15) is 0 Å². The lowest BCUT2D eigenvalue weighted by molar-refractivity contribution is -0.121. The zero-order valence-electron chi connectivity index (χ0n) is 21.5. The van der Waals surface area contributed by atoms with Gasteiger partial charge in [-0.25, -0.2) is 0 Å². The number of benzene rings is 1. The second-order valence-electron chi connectivity index (χ2n) is 9.10. The SMILES string of the molecule is CCCCCCCCCCCCCCCCCC(=O)NCc1ccc(OCCN)c(OC)c1. The Balaban J connectivity index is 1.97. The molecule has 5 heteroatoms. The van der Waals surface area contributed by atoms with Crippen molar-refractivity contribution in [1.29, 1.82) is 0 Å². The number of amides is 1. The molecule has 1 rings (SSSR count). The highest BCUT2D eigenvalue weighted by atomic mass is 16.5. The summed E-state index contributed by atoms with van der Waals surface area (Å²) in [5.74, 6) is 1.46. The summed E-state index contributed by atoms with van der Waals surface area (Å²) < 4.78 is 10.9. The minimum atomic E-state index is 0.118. The molecule has 0 atom stereocenters. The van der Waals surface area contributed by atoms with Crippen LogP contribution in [0.3, 0.4) is 0 Å². The number of ether oxygens (including phenoxy) is 2. The van der Waals surface area contributed by atoms with Gasteiger partial charge >= 0.3 is 0 Å². The number of carbonyl (C=O) groups is 1. The summed E-state index contributed by atoms with van der Waals surface area (Å²) in [6.07, 6.45) is 20.6. The molecule has 1 aromatic carbocycles. The van der Waals surface area contributed by atoms with Crippen LogP contribution in [0.25, 0.3) is 0 Å². The van der Waals surface area contributed by atoms with Gasteiger partial charge in [0.05, 0.1) is 7.11 Å². The summed E-state index contributed by atoms with van der Waals surface area (Å²) >= 11 is 0. The number of methoxy groups -OCH3 is 1. The van der Waals surface area contributed by atoms with Gasteiger partial charge in [0.2, 0.25) is 5.91 Å². The summed E-state index contributed by atoms with van der Waals surface area (Å²) in [5.41, 5.74) is 6.48. The lowest BCUT2D eigenvalue weighted by Crippen LogP contribution is -2.22. The first-order chi connectivity index (χ1) is 16.2. The second kappa shape index (κ2) is 20.8. The fraction of sp³-hybridized carbons (Fsp3) is 0.750.